The Bertz CT molecular complexity index is 1020. The van der Waals surface area contributed by atoms with E-state index < -0.39 is 5.97 Å². The zero-order valence-electron chi connectivity index (χ0n) is 16.2. The van der Waals surface area contributed by atoms with E-state index in [4.69, 9.17) is 10.00 Å². The second-order valence-corrected chi connectivity index (χ2v) is 7.28. The van der Waals surface area contributed by atoms with Gasteiger partial charge in [0.05, 0.1) is 18.1 Å². The van der Waals surface area contributed by atoms with Gasteiger partial charge in [0.25, 0.3) is 5.91 Å². The highest BCUT2D eigenvalue weighted by atomic mass is 32.1. The number of benzene rings is 1. The summed E-state index contributed by atoms with van der Waals surface area (Å²) >= 11 is 1.26. The predicted octanol–water partition coefficient (Wildman–Crippen LogP) is 3.49. The van der Waals surface area contributed by atoms with Crippen LogP contribution in [0.4, 0.5) is 0 Å². The molecule has 3 rings (SSSR count). The minimum absolute atomic E-state index is 0.00218. The van der Waals surface area contributed by atoms with Crippen molar-refractivity contribution in [1.82, 2.24) is 14.9 Å². The lowest BCUT2D eigenvalue weighted by atomic mass is 10.2. The zero-order chi connectivity index (χ0) is 21.2. The quantitative estimate of drug-likeness (QED) is 0.492. The lowest BCUT2D eigenvalue weighted by molar-refractivity contribution is 0.0472. The normalized spacial score (nSPS) is 10.2. The summed E-state index contributed by atoms with van der Waals surface area (Å²) in [4.78, 5) is 35.1. The number of amides is 1. The van der Waals surface area contributed by atoms with Crippen LogP contribution in [-0.4, -0.2) is 39.8 Å². The summed E-state index contributed by atoms with van der Waals surface area (Å²) in [6.07, 6.45) is 2.53. The monoisotopic (exact) mass is 420 g/mol. The number of thiazole rings is 1. The molecule has 2 aromatic heterocycles. The van der Waals surface area contributed by atoms with Crippen LogP contribution >= 0.6 is 11.3 Å². The Morgan fingerprint density at radius 1 is 1.10 bits per heavy atom. The summed E-state index contributed by atoms with van der Waals surface area (Å²) in [7, 11) is 0. The molecule has 0 bridgehead atoms. The summed E-state index contributed by atoms with van der Waals surface area (Å²) in [6.45, 7) is 0.753. The molecule has 3 aromatic rings. The number of carbonyl (C=O) groups excluding carboxylic acids is 2. The number of hydrogen-bond donors (Lipinski definition) is 0. The van der Waals surface area contributed by atoms with Crippen LogP contribution in [0.1, 0.15) is 38.0 Å². The predicted molar refractivity (Wildman–Crippen MR) is 112 cm³/mol. The lowest BCUT2D eigenvalue weighted by Crippen LogP contribution is -2.34. The van der Waals surface area contributed by atoms with Gasteiger partial charge in [-0.05, 0) is 24.3 Å². The maximum atomic E-state index is 12.9. The Morgan fingerprint density at radius 3 is 2.63 bits per heavy atom. The first-order valence-corrected chi connectivity index (χ1v) is 10.3. The SMILES string of the molecule is N#CCCN(CCc1ccccn1)C(=O)c1csc(COC(=O)c2ccccc2)n1. The highest BCUT2D eigenvalue weighted by Gasteiger charge is 2.19. The molecule has 2 heterocycles. The lowest BCUT2D eigenvalue weighted by Gasteiger charge is -2.20. The Labute approximate surface area is 178 Å². The van der Waals surface area contributed by atoms with Crippen molar-refractivity contribution in [1.29, 1.82) is 5.26 Å². The van der Waals surface area contributed by atoms with Gasteiger partial charge in [-0.2, -0.15) is 5.26 Å². The molecule has 0 radical (unpaired) electrons. The Balaban J connectivity index is 1.60. The maximum Gasteiger partial charge on any atom is 0.338 e. The molecule has 0 spiro atoms. The van der Waals surface area contributed by atoms with E-state index in [9.17, 15) is 9.59 Å². The third kappa shape index (κ3) is 5.96. The van der Waals surface area contributed by atoms with Gasteiger partial charge in [0.15, 0.2) is 0 Å². The van der Waals surface area contributed by atoms with Gasteiger partial charge in [0.1, 0.15) is 17.3 Å². The molecule has 152 valence electrons. The van der Waals surface area contributed by atoms with Crippen LogP contribution in [-0.2, 0) is 17.8 Å². The van der Waals surface area contributed by atoms with E-state index >= 15 is 0 Å². The number of carbonyl (C=O) groups is 2. The third-order valence-corrected chi connectivity index (χ3v) is 5.07. The highest BCUT2D eigenvalue weighted by molar-refractivity contribution is 7.09. The van der Waals surface area contributed by atoms with Crippen molar-refractivity contribution in [2.75, 3.05) is 13.1 Å². The first-order valence-electron chi connectivity index (χ1n) is 9.40. The van der Waals surface area contributed by atoms with Crippen LogP contribution in [0.2, 0.25) is 0 Å². The van der Waals surface area contributed by atoms with E-state index in [2.05, 4.69) is 16.0 Å². The molecule has 0 aliphatic carbocycles. The maximum absolute atomic E-state index is 12.9. The van der Waals surface area contributed by atoms with Crippen LogP contribution in [0.3, 0.4) is 0 Å². The van der Waals surface area contributed by atoms with Crippen molar-refractivity contribution in [2.45, 2.75) is 19.4 Å². The largest absolute Gasteiger partial charge is 0.455 e. The summed E-state index contributed by atoms with van der Waals surface area (Å²) in [5.74, 6) is -0.692. The van der Waals surface area contributed by atoms with Crippen LogP contribution in [0.25, 0.3) is 0 Å². The van der Waals surface area contributed by atoms with Gasteiger partial charge in [-0.25, -0.2) is 9.78 Å². The minimum atomic E-state index is -0.440. The van der Waals surface area contributed by atoms with Gasteiger partial charge in [0, 0.05) is 36.8 Å². The second-order valence-electron chi connectivity index (χ2n) is 6.34. The molecular weight excluding hydrogens is 400 g/mol. The molecule has 7 nitrogen and oxygen atoms in total. The van der Waals surface area contributed by atoms with Gasteiger partial charge in [-0.1, -0.05) is 24.3 Å². The Hall–Kier alpha value is -3.57. The van der Waals surface area contributed by atoms with E-state index in [0.29, 0.717) is 30.1 Å². The number of ether oxygens (including phenoxy) is 1. The van der Waals surface area contributed by atoms with Gasteiger partial charge in [0.2, 0.25) is 0 Å². The number of rotatable bonds is 9. The number of esters is 1. The molecule has 1 amide bonds. The number of pyridine rings is 1. The van der Waals surface area contributed by atoms with Crippen molar-refractivity contribution in [3.63, 3.8) is 0 Å². The zero-order valence-corrected chi connectivity index (χ0v) is 17.0. The van der Waals surface area contributed by atoms with Crippen molar-refractivity contribution < 1.29 is 14.3 Å². The van der Waals surface area contributed by atoms with E-state index in [-0.39, 0.29) is 24.6 Å². The van der Waals surface area contributed by atoms with Gasteiger partial charge < -0.3 is 9.64 Å². The van der Waals surface area contributed by atoms with Crippen molar-refractivity contribution in [3.8, 4) is 6.07 Å². The fourth-order valence-corrected chi connectivity index (χ4v) is 3.40. The van der Waals surface area contributed by atoms with E-state index in [0.717, 1.165) is 5.69 Å². The number of nitrogens with zero attached hydrogens (tertiary/aromatic N) is 4. The van der Waals surface area contributed by atoms with Crippen molar-refractivity contribution >= 4 is 23.2 Å². The molecule has 1 aromatic carbocycles. The molecular formula is C22H20N4O3S. The molecule has 0 aliphatic heterocycles. The van der Waals surface area contributed by atoms with Crippen LogP contribution < -0.4 is 0 Å². The second kappa shape index (κ2) is 10.8. The van der Waals surface area contributed by atoms with Crippen LogP contribution in [0.15, 0.2) is 60.1 Å². The first kappa shape index (κ1) is 21.1. The topological polar surface area (TPSA) is 96.2 Å². The van der Waals surface area contributed by atoms with Crippen LogP contribution in [0.5, 0.6) is 0 Å². The molecule has 8 heteroatoms. The molecule has 0 N–H and O–H groups in total. The Morgan fingerprint density at radius 2 is 1.90 bits per heavy atom. The standard InChI is InChI=1S/C22H20N4O3S/c23-11-6-13-26(14-10-18-9-4-5-12-24-18)21(27)19-16-30-20(25-19)15-29-22(28)17-7-2-1-3-8-17/h1-5,7-9,12,16H,6,10,13-15H2. The average molecular weight is 420 g/mol. The summed E-state index contributed by atoms with van der Waals surface area (Å²) < 4.78 is 5.27. The molecule has 0 atom stereocenters. The van der Waals surface area contributed by atoms with E-state index in [1.165, 1.54) is 11.3 Å². The highest BCUT2D eigenvalue weighted by Crippen LogP contribution is 2.15. The van der Waals surface area contributed by atoms with Crippen molar-refractivity contribution in [2.24, 2.45) is 0 Å². The summed E-state index contributed by atoms with van der Waals surface area (Å²) in [5, 5.41) is 11.1. The molecule has 0 saturated heterocycles. The van der Waals surface area contributed by atoms with Gasteiger partial charge in [-0.3, -0.25) is 9.78 Å². The summed E-state index contributed by atoms with van der Waals surface area (Å²) in [5.41, 5.74) is 1.62. The summed E-state index contributed by atoms with van der Waals surface area (Å²) in [6, 6.07) is 16.4. The van der Waals surface area contributed by atoms with Crippen LogP contribution in [0, 0.1) is 11.3 Å². The average Bonchev–Trinajstić information content (AvgIpc) is 3.27. The number of aromatic nitrogens is 2. The third-order valence-electron chi connectivity index (χ3n) is 4.25. The Kier molecular flexibility index (Phi) is 7.64. The van der Waals surface area contributed by atoms with Gasteiger partial charge >= 0.3 is 5.97 Å². The van der Waals surface area contributed by atoms with E-state index in [1.807, 2.05) is 24.3 Å². The fraction of sp³-hybridized carbons (Fsp3) is 0.227. The van der Waals surface area contributed by atoms with Gasteiger partial charge in [-0.15, -0.1) is 11.3 Å². The smallest absolute Gasteiger partial charge is 0.338 e. The fourth-order valence-electron chi connectivity index (χ4n) is 2.72. The minimum Gasteiger partial charge on any atom is -0.455 e. The first-order chi connectivity index (χ1) is 14.7. The number of hydrogen-bond acceptors (Lipinski definition) is 7. The molecule has 0 saturated carbocycles. The molecule has 0 aliphatic rings. The molecule has 0 unspecified atom stereocenters. The molecule has 30 heavy (non-hydrogen) atoms. The molecule has 0 fully saturated rings. The van der Waals surface area contributed by atoms with E-state index in [1.54, 1.807) is 40.7 Å². The number of nitriles is 1. The van der Waals surface area contributed by atoms with Crippen molar-refractivity contribution in [3.05, 3.63) is 82.1 Å².